The van der Waals surface area contributed by atoms with E-state index in [1.54, 1.807) is 0 Å². The summed E-state index contributed by atoms with van der Waals surface area (Å²) in [6, 6.07) is 36.9. The van der Waals surface area contributed by atoms with Gasteiger partial charge < -0.3 is 8.98 Å². The van der Waals surface area contributed by atoms with Crippen LogP contribution < -0.4 is 0 Å². The summed E-state index contributed by atoms with van der Waals surface area (Å²) in [7, 11) is 0. The lowest BCUT2D eigenvalue weighted by Gasteiger charge is -2.08. The molecule has 154 valence electrons. The van der Waals surface area contributed by atoms with Gasteiger partial charge in [-0.1, -0.05) is 66.7 Å². The highest BCUT2D eigenvalue weighted by Crippen LogP contribution is 2.41. The van der Waals surface area contributed by atoms with Gasteiger partial charge in [0.05, 0.1) is 11.0 Å². The van der Waals surface area contributed by atoms with Crippen LogP contribution in [0.25, 0.3) is 69.6 Å². The smallest absolute Gasteiger partial charge is 0.160 e. The molecule has 0 saturated carbocycles. The van der Waals surface area contributed by atoms with E-state index in [4.69, 9.17) is 4.42 Å². The van der Waals surface area contributed by atoms with Crippen LogP contribution >= 0.6 is 11.3 Å². The normalized spacial score (nSPS) is 12.2. The summed E-state index contributed by atoms with van der Waals surface area (Å²) < 4.78 is 11.5. The molecule has 0 atom stereocenters. The van der Waals surface area contributed by atoms with E-state index < -0.39 is 0 Å². The third-order valence-corrected chi connectivity index (χ3v) is 7.93. The van der Waals surface area contributed by atoms with Crippen molar-refractivity contribution in [2.45, 2.75) is 0 Å². The maximum atomic E-state index is 6.47. The van der Waals surface area contributed by atoms with Gasteiger partial charge in [-0.3, -0.25) is 0 Å². The Kier molecular flexibility index (Phi) is 3.31. The Hall–Kier alpha value is -4.08. The zero-order valence-corrected chi connectivity index (χ0v) is 18.4. The number of thiophene rings is 1. The molecule has 0 amide bonds. The van der Waals surface area contributed by atoms with Gasteiger partial charge in [-0.15, -0.1) is 11.3 Å². The van der Waals surface area contributed by atoms with Crippen molar-refractivity contribution in [2.24, 2.45) is 0 Å². The minimum atomic E-state index is 0.928. The van der Waals surface area contributed by atoms with Crippen LogP contribution in [0.4, 0.5) is 0 Å². The molecule has 33 heavy (non-hydrogen) atoms. The lowest BCUT2D eigenvalue weighted by atomic mass is 10.1. The van der Waals surface area contributed by atoms with Gasteiger partial charge in [-0.05, 0) is 36.4 Å². The molecule has 0 N–H and O–H groups in total. The average Bonchev–Trinajstić information content (AvgIpc) is 3.52. The number of rotatable bonds is 1. The average molecular weight is 440 g/mol. The zero-order chi connectivity index (χ0) is 21.5. The van der Waals surface area contributed by atoms with Crippen LogP contribution in [0, 0.1) is 0 Å². The fraction of sp³-hybridized carbons (Fsp3) is 0. The van der Waals surface area contributed by atoms with E-state index in [1.807, 2.05) is 17.4 Å². The van der Waals surface area contributed by atoms with Gasteiger partial charge in [0.15, 0.2) is 5.58 Å². The molecule has 0 spiro atoms. The summed E-state index contributed by atoms with van der Waals surface area (Å²) in [4.78, 5) is 0. The number of nitrogens with zero attached hydrogens (tertiary/aromatic N) is 1. The topological polar surface area (TPSA) is 18.1 Å². The molecule has 8 rings (SSSR count). The first-order valence-corrected chi connectivity index (χ1v) is 11.9. The molecule has 0 aliphatic heterocycles. The van der Waals surface area contributed by atoms with Gasteiger partial charge in [0.1, 0.15) is 5.58 Å². The molecule has 3 heteroatoms. The largest absolute Gasteiger partial charge is 0.454 e. The van der Waals surface area contributed by atoms with Gasteiger partial charge in [-0.2, -0.15) is 0 Å². The summed E-state index contributed by atoms with van der Waals surface area (Å²) >= 11 is 1.85. The predicted octanol–water partition coefficient (Wildman–Crippen LogP) is 9.05. The molecule has 5 aromatic carbocycles. The van der Waals surface area contributed by atoms with Crippen molar-refractivity contribution in [3.63, 3.8) is 0 Å². The monoisotopic (exact) mass is 439 g/mol. The van der Waals surface area contributed by atoms with Gasteiger partial charge in [0.2, 0.25) is 0 Å². The van der Waals surface area contributed by atoms with E-state index in [2.05, 4.69) is 102 Å². The van der Waals surface area contributed by atoms with Crippen LogP contribution in [0.15, 0.2) is 108 Å². The third kappa shape index (κ3) is 2.27. The Morgan fingerprint density at radius 3 is 2.18 bits per heavy atom. The van der Waals surface area contributed by atoms with E-state index in [0.717, 1.165) is 33.1 Å². The Balaban J connectivity index is 1.55. The van der Waals surface area contributed by atoms with E-state index in [1.165, 1.54) is 36.5 Å². The quantitative estimate of drug-likeness (QED) is 0.249. The molecular weight excluding hydrogens is 422 g/mol. The van der Waals surface area contributed by atoms with Crippen LogP contribution in [0.2, 0.25) is 0 Å². The molecule has 2 nitrogen and oxygen atoms in total. The van der Waals surface area contributed by atoms with Crippen molar-refractivity contribution >= 4 is 75.3 Å². The highest BCUT2D eigenvalue weighted by Gasteiger charge is 2.19. The van der Waals surface area contributed by atoms with E-state index in [0.29, 0.717) is 0 Å². The van der Waals surface area contributed by atoms with Crippen LogP contribution in [0.3, 0.4) is 0 Å². The van der Waals surface area contributed by atoms with Crippen LogP contribution in [0.1, 0.15) is 0 Å². The first-order valence-electron chi connectivity index (χ1n) is 11.1. The lowest BCUT2D eigenvalue weighted by molar-refractivity contribution is 0.671. The van der Waals surface area contributed by atoms with Crippen molar-refractivity contribution in [2.75, 3.05) is 0 Å². The van der Waals surface area contributed by atoms with Gasteiger partial charge >= 0.3 is 0 Å². The maximum Gasteiger partial charge on any atom is 0.160 e. The first-order chi connectivity index (χ1) is 16.4. The highest BCUT2D eigenvalue weighted by atomic mass is 32.1. The molecule has 0 aliphatic carbocycles. The summed E-state index contributed by atoms with van der Waals surface area (Å²) in [5.74, 6) is 0. The van der Waals surface area contributed by atoms with Crippen LogP contribution in [0.5, 0.6) is 0 Å². The summed E-state index contributed by atoms with van der Waals surface area (Å²) in [6.07, 6.45) is 0. The number of aromatic nitrogens is 1. The van der Waals surface area contributed by atoms with E-state index >= 15 is 0 Å². The molecule has 0 bridgehead atoms. The summed E-state index contributed by atoms with van der Waals surface area (Å²) in [5.41, 5.74) is 5.36. The molecule has 0 unspecified atom stereocenters. The lowest BCUT2D eigenvalue weighted by Crippen LogP contribution is -1.93. The minimum Gasteiger partial charge on any atom is -0.454 e. The molecule has 0 fully saturated rings. The molecule has 3 aromatic heterocycles. The number of hydrogen-bond donors (Lipinski definition) is 0. The molecule has 8 aromatic rings. The van der Waals surface area contributed by atoms with E-state index in [9.17, 15) is 0 Å². The van der Waals surface area contributed by atoms with Crippen LogP contribution in [-0.2, 0) is 0 Å². The summed E-state index contributed by atoms with van der Waals surface area (Å²) in [5, 5.41) is 7.41. The fourth-order valence-corrected chi connectivity index (χ4v) is 6.49. The minimum absolute atomic E-state index is 0.928. The maximum absolute atomic E-state index is 6.47. The number of fused-ring (bicyclic) bond motifs is 10. The van der Waals surface area contributed by atoms with Gasteiger partial charge in [0, 0.05) is 47.4 Å². The number of benzene rings is 5. The SMILES string of the molecule is c1ccc2c(c1)oc1c2ccc2c3ccccc3n(-c3ccc4c(c3)sc3ccccc34)c21. The van der Waals surface area contributed by atoms with Crippen molar-refractivity contribution in [3.05, 3.63) is 103 Å². The fourth-order valence-electron chi connectivity index (χ4n) is 5.35. The number of para-hydroxylation sites is 2. The summed E-state index contributed by atoms with van der Waals surface area (Å²) in [6.45, 7) is 0. The van der Waals surface area contributed by atoms with E-state index in [-0.39, 0.29) is 0 Å². The Labute approximate surface area is 192 Å². The van der Waals surface area contributed by atoms with Gasteiger partial charge in [0.25, 0.3) is 0 Å². The second-order valence-corrected chi connectivity index (χ2v) is 9.65. The number of furan rings is 1. The molecular formula is C30H17NOS. The zero-order valence-electron chi connectivity index (χ0n) is 17.6. The van der Waals surface area contributed by atoms with Crippen molar-refractivity contribution in [1.82, 2.24) is 4.57 Å². The second kappa shape index (κ2) is 6.25. The Bertz CT molecular complexity index is 2040. The molecule has 0 saturated heterocycles. The standard InChI is InChI=1S/C30H17NOS/c1-4-10-25-19(7-1)23-15-16-24-20-8-2-5-11-26(20)32-30(24)29(23)31(25)18-13-14-22-21-9-3-6-12-27(21)33-28(22)17-18/h1-17H. The highest BCUT2D eigenvalue weighted by molar-refractivity contribution is 7.25. The number of hydrogen-bond acceptors (Lipinski definition) is 2. The van der Waals surface area contributed by atoms with Gasteiger partial charge in [-0.25, -0.2) is 0 Å². The second-order valence-electron chi connectivity index (χ2n) is 8.57. The Morgan fingerprint density at radius 1 is 0.545 bits per heavy atom. The molecule has 3 heterocycles. The van der Waals surface area contributed by atoms with Crippen molar-refractivity contribution < 1.29 is 4.42 Å². The predicted molar refractivity (Wildman–Crippen MR) is 141 cm³/mol. The molecule has 0 radical (unpaired) electrons. The first kappa shape index (κ1) is 17.5. The van der Waals surface area contributed by atoms with Crippen molar-refractivity contribution in [3.8, 4) is 5.69 Å². The molecule has 0 aliphatic rings. The Morgan fingerprint density at radius 2 is 1.24 bits per heavy atom. The third-order valence-electron chi connectivity index (χ3n) is 6.80. The van der Waals surface area contributed by atoms with Crippen LogP contribution in [-0.4, -0.2) is 4.57 Å². The van der Waals surface area contributed by atoms with Crippen molar-refractivity contribution in [1.29, 1.82) is 0 Å².